The zero-order valence-electron chi connectivity index (χ0n) is 10.4. The number of nitrogens with one attached hydrogen (secondary N) is 1. The molecule has 5 nitrogen and oxygen atoms in total. The second-order valence-electron chi connectivity index (χ2n) is 5.11. The Kier molecular flexibility index (Phi) is 3.23. The van der Waals surface area contributed by atoms with Gasteiger partial charge in [-0.25, -0.2) is 9.97 Å². The number of carbonyl (C=O) groups excluding carboxylic acids is 1. The third-order valence-corrected chi connectivity index (χ3v) is 3.64. The number of rotatable bonds is 4. The number of aromatic nitrogens is 2. The molecule has 2 fully saturated rings. The highest BCUT2D eigenvalue weighted by Crippen LogP contribution is 2.28. The van der Waals surface area contributed by atoms with Crippen LogP contribution in [-0.2, 0) is 0 Å². The molecule has 1 amide bonds. The fraction of sp³-hybridized carbons (Fsp3) is 0.615. The van der Waals surface area contributed by atoms with Crippen molar-refractivity contribution in [1.29, 1.82) is 0 Å². The van der Waals surface area contributed by atoms with E-state index >= 15 is 0 Å². The van der Waals surface area contributed by atoms with Gasteiger partial charge in [-0.3, -0.25) is 4.79 Å². The summed E-state index contributed by atoms with van der Waals surface area (Å²) in [6, 6.07) is 0.888. The summed E-state index contributed by atoms with van der Waals surface area (Å²) in [5, 5.41) is 3.45. The predicted molar refractivity (Wildman–Crippen MR) is 67.1 cm³/mol. The number of hydrogen-bond acceptors (Lipinski definition) is 4. The maximum atomic E-state index is 12.4. The summed E-state index contributed by atoms with van der Waals surface area (Å²) in [6.45, 7) is 1.89. The molecule has 0 bridgehead atoms. The number of hydrogen-bond donors (Lipinski definition) is 1. The third-order valence-electron chi connectivity index (χ3n) is 3.64. The van der Waals surface area contributed by atoms with Gasteiger partial charge >= 0.3 is 0 Å². The van der Waals surface area contributed by atoms with E-state index in [0.29, 0.717) is 17.6 Å². The topological polar surface area (TPSA) is 58.1 Å². The van der Waals surface area contributed by atoms with Gasteiger partial charge in [0, 0.05) is 31.0 Å². The quantitative estimate of drug-likeness (QED) is 0.855. The van der Waals surface area contributed by atoms with E-state index in [1.807, 2.05) is 4.90 Å². The Morgan fingerprint density at radius 1 is 1.33 bits per heavy atom. The van der Waals surface area contributed by atoms with Gasteiger partial charge in [0.05, 0.1) is 5.56 Å². The van der Waals surface area contributed by atoms with Gasteiger partial charge in [-0.2, -0.15) is 0 Å². The van der Waals surface area contributed by atoms with Crippen molar-refractivity contribution in [2.24, 2.45) is 0 Å². The Morgan fingerprint density at radius 2 is 2.11 bits per heavy atom. The SMILES string of the molecule is O=C(c1cncnc1)N(CC1CCCN1)C1CC1. The van der Waals surface area contributed by atoms with Crippen molar-refractivity contribution in [3.8, 4) is 0 Å². The van der Waals surface area contributed by atoms with Crippen LogP contribution in [0.5, 0.6) is 0 Å². The fourth-order valence-electron chi connectivity index (χ4n) is 2.51. The summed E-state index contributed by atoms with van der Waals surface area (Å²) in [6.07, 6.45) is 9.31. The van der Waals surface area contributed by atoms with Gasteiger partial charge in [0.1, 0.15) is 6.33 Å². The molecule has 0 aromatic carbocycles. The monoisotopic (exact) mass is 246 g/mol. The summed E-state index contributed by atoms with van der Waals surface area (Å²) in [5.41, 5.74) is 0.599. The number of amides is 1. The Balaban J connectivity index is 1.71. The minimum Gasteiger partial charge on any atom is -0.334 e. The molecule has 1 atom stereocenters. The van der Waals surface area contributed by atoms with Crippen molar-refractivity contribution in [3.63, 3.8) is 0 Å². The number of carbonyl (C=O) groups is 1. The first-order valence-electron chi connectivity index (χ1n) is 6.64. The van der Waals surface area contributed by atoms with Gasteiger partial charge in [-0.05, 0) is 32.2 Å². The van der Waals surface area contributed by atoms with Crippen molar-refractivity contribution in [2.75, 3.05) is 13.1 Å². The third kappa shape index (κ3) is 2.51. The smallest absolute Gasteiger partial charge is 0.257 e. The van der Waals surface area contributed by atoms with Crippen LogP contribution in [0.25, 0.3) is 0 Å². The van der Waals surface area contributed by atoms with Crippen LogP contribution in [0.15, 0.2) is 18.7 Å². The summed E-state index contributed by atoms with van der Waals surface area (Å²) >= 11 is 0. The molecule has 1 aliphatic carbocycles. The van der Waals surface area contributed by atoms with Crippen LogP contribution in [0, 0.1) is 0 Å². The van der Waals surface area contributed by atoms with Gasteiger partial charge in [-0.1, -0.05) is 0 Å². The Labute approximate surface area is 107 Å². The average molecular weight is 246 g/mol. The first-order valence-corrected chi connectivity index (χ1v) is 6.64. The average Bonchev–Trinajstić information content (AvgIpc) is 3.13. The van der Waals surface area contributed by atoms with E-state index in [2.05, 4.69) is 15.3 Å². The molecule has 3 rings (SSSR count). The molecule has 1 saturated heterocycles. The summed E-state index contributed by atoms with van der Waals surface area (Å²) < 4.78 is 0. The van der Waals surface area contributed by atoms with Gasteiger partial charge in [-0.15, -0.1) is 0 Å². The minimum atomic E-state index is 0.0757. The van der Waals surface area contributed by atoms with Crippen LogP contribution in [0.3, 0.4) is 0 Å². The molecule has 1 saturated carbocycles. The lowest BCUT2D eigenvalue weighted by atomic mass is 10.2. The Hall–Kier alpha value is -1.49. The Morgan fingerprint density at radius 3 is 2.72 bits per heavy atom. The van der Waals surface area contributed by atoms with Crippen molar-refractivity contribution in [1.82, 2.24) is 20.2 Å². The van der Waals surface area contributed by atoms with Crippen LogP contribution in [0.2, 0.25) is 0 Å². The normalized spacial score (nSPS) is 23.0. The van der Waals surface area contributed by atoms with Gasteiger partial charge < -0.3 is 10.2 Å². The standard InChI is InChI=1S/C13H18N4O/c18-13(10-6-14-9-15-7-10)17(12-3-4-12)8-11-2-1-5-16-11/h6-7,9,11-12,16H,1-5,8H2. The van der Waals surface area contributed by atoms with Crippen LogP contribution >= 0.6 is 0 Å². The molecule has 18 heavy (non-hydrogen) atoms. The molecule has 1 aromatic heterocycles. The van der Waals surface area contributed by atoms with E-state index in [4.69, 9.17) is 0 Å². The largest absolute Gasteiger partial charge is 0.334 e. The van der Waals surface area contributed by atoms with Gasteiger partial charge in [0.15, 0.2) is 0 Å². The van der Waals surface area contributed by atoms with Crippen LogP contribution in [0.4, 0.5) is 0 Å². The maximum Gasteiger partial charge on any atom is 0.257 e. The highest BCUT2D eigenvalue weighted by molar-refractivity contribution is 5.94. The molecule has 1 unspecified atom stereocenters. The molecule has 96 valence electrons. The second kappa shape index (κ2) is 5.02. The van der Waals surface area contributed by atoms with Crippen molar-refractivity contribution >= 4 is 5.91 Å². The molecule has 1 N–H and O–H groups in total. The molecule has 2 heterocycles. The minimum absolute atomic E-state index is 0.0757. The highest BCUT2D eigenvalue weighted by atomic mass is 16.2. The zero-order valence-corrected chi connectivity index (χ0v) is 10.4. The molecule has 1 aromatic rings. The second-order valence-corrected chi connectivity index (χ2v) is 5.11. The summed E-state index contributed by atoms with van der Waals surface area (Å²) in [4.78, 5) is 22.3. The van der Waals surface area contributed by atoms with Crippen LogP contribution in [-0.4, -0.2) is 45.9 Å². The van der Waals surface area contributed by atoms with E-state index in [9.17, 15) is 4.79 Å². The zero-order chi connectivity index (χ0) is 12.4. The van der Waals surface area contributed by atoms with E-state index in [-0.39, 0.29) is 5.91 Å². The summed E-state index contributed by atoms with van der Waals surface area (Å²) in [5.74, 6) is 0.0757. The van der Waals surface area contributed by atoms with E-state index in [0.717, 1.165) is 25.9 Å². The fourth-order valence-corrected chi connectivity index (χ4v) is 2.51. The number of nitrogens with zero attached hydrogens (tertiary/aromatic N) is 3. The van der Waals surface area contributed by atoms with Crippen molar-refractivity contribution < 1.29 is 4.79 Å². The van der Waals surface area contributed by atoms with Crippen molar-refractivity contribution in [3.05, 3.63) is 24.3 Å². The van der Waals surface area contributed by atoms with Crippen LogP contribution in [0.1, 0.15) is 36.0 Å². The first kappa shape index (κ1) is 11.6. The lowest BCUT2D eigenvalue weighted by Gasteiger charge is -2.25. The van der Waals surface area contributed by atoms with Gasteiger partial charge in [0.25, 0.3) is 5.91 Å². The molecule has 0 spiro atoms. The molecular weight excluding hydrogens is 228 g/mol. The molecular formula is C13H18N4O. The maximum absolute atomic E-state index is 12.4. The molecule has 1 aliphatic heterocycles. The lowest BCUT2D eigenvalue weighted by molar-refractivity contribution is 0.0727. The predicted octanol–water partition coefficient (Wildman–Crippen LogP) is 0.833. The van der Waals surface area contributed by atoms with E-state index in [1.54, 1.807) is 12.4 Å². The van der Waals surface area contributed by atoms with Gasteiger partial charge in [0.2, 0.25) is 0 Å². The first-order chi connectivity index (χ1) is 8.84. The molecule has 5 heteroatoms. The highest BCUT2D eigenvalue weighted by Gasteiger charge is 2.35. The van der Waals surface area contributed by atoms with E-state index in [1.165, 1.54) is 19.2 Å². The summed E-state index contributed by atoms with van der Waals surface area (Å²) in [7, 11) is 0. The Bertz CT molecular complexity index is 412. The van der Waals surface area contributed by atoms with E-state index < -0.39 is 0 Å². The van der Waals surface area contributed by atoms with Crippen molar-refractivity contribution in [2.45, 2.75) is 37.8 Å². The van der Waals surface area contributed by atoms with Crippen LogP contribution < -0.4 is 5.32 Å². The molecule has 2 aliphatic rings. The lowest BCUT2D eigenvalue weighted by Crippen LogP contribution is -2.42. The molecule has 0 radical (unpaired) electrons.